The minimum absolute atomic E-state index is 0.111. The first-order chi connectivity index (χ1) is 13.4. The molecule has 0 radical (unpaired) electrons. The highest BCUT2D eigenvalue weighted by molar-refractivity contribution is 5.99. The molecule has 28 heavy (non-hydrogen) atoms. The number of carbonyl (C=O) groups excluding carboxylic acids is 1. The second-order valence-corrected chi connectivity index (χ2v) is 7.05. The molecule has 5 nitrogen and oxygen atoms in total. The number of aromatic nitrogens is 2. The van der Waals surface area contributed by atoms with Crippen LogP contribution in [0.15, 0.2) is 53.1 Å². The molecule has 1 aliphatic carbocycles. The summed E-state index contributed by atoms with van der Waals surface area (Å²) in [5, 5.41) is 3.39. The van der Waals surface area contributed by atoms with E-state index in [0.29, 0.717) is 23.6 Å². The van der Waals surface area contributed by atoms with Crippen LogP contribution in [-0.4, -0.2) is 27.0 Å². The van der Waals surface area contributed by atoms with Gasteiger partial charge < -0.3 is 9.42 Å². The summed E-state index contributed by atoms with van der Waals surface area (Å²) in [4.78, 5) is 18.1. The van der Waals surface area contributed by atoms with Crippen LogP contribution in [0.1, 0.15) is 39.7 Å². The molecule has 0 unspecified atom stereocenters. The molecule has 1 saturated carbocycles. The maximum atomic E-state index is 12.9. The zero-order valence-electron chi connectivity index (χ0n) is 14.5. The van der Waals surface area contributed by atoms with Gasteiger partial charge in [-0.05, 0) is 23.6 Å². The summed E-state index contributed by atoms with van der Waals surface area (Å²) >= 11 is 0. The summed E-state index contributed by atoms with van der Waals surface area (Å²) < 4.78 is 42.3. The van der Waals surface area contributed by atoms with E-state index < -0.39 is 12.1 Å². The van der Waals surface area contributed by atoms with Gasteiger partial charge in [0.05, 0.1) is 0 Å². The predicted molar refractivity (Wildman–Crippen MR) is 92.2 cm³/mol. The maximum Gasteiger partial charge on any atom is 0.471 e. The van der Waals surface area contributed by atoms with Crippen molar-refractivity contribution in [2.45, 2.75) is 31.1 Å². The molecule has 5 rings (SSSR count). The number of alkyl halides is 3. The van der Waals surface area contributed by atoms with E-state index in [2.05, 4.69) is 26.8 Å². The lowest BCUT2D eigenvalue weighted by molar-refractivity contribution is -0.159. The van der Waals surface area contributed by atoms with Crippen molar-refractivity contribution < 1.29 is 22.5 Å². The van der Waals surface area contributed by atoms with Gasteiger partial charge in [-0.15, -0.1) is 0 Å². The second-order valence-electron chi connectivity index (χ2n) is 7.05. The lowest BCUT2D eigenvalue weighted by Crippen LogP contribution is -2.27. The van der Waals surface area contributed by atoms with Crippen molar-refractivity contribution in [3.05, 3.63) is 71.1 Å². The third-order valence-corrected chi connectivity index (χ3v) is 5.25. The van der Waals surface area contributed by atoms with Crippen molar-refractivity contribution in [2.75, 3.05) is 0 Å². The third kappa shape index (κ3) is 2.76. The number of hydrogen-bond donors (Lipinski definition) is 0. The minimum atomic E-state index is -4.70. The van der Waals surface area contributed by atoms with Crippen molar-refractivity contribution in [1.82, 2.24) is 15.0 Å². The minimum Gasteiger partial charge on any atom is -0.331 e. The van der Waals surface area contributed by atoms with Crippen LogP contribution in [0.25, 0.3) is 11.4 Å². The molecule has 2 heterocycles. The van der Waals surface area contributed by atoms with Crippen LogP contribution in [0.2, 0.25) is 0 Å². The molecule has 0 saturated heterocycles. The first kappa shape index (κ1) is 17.0. The Kier molecular flexibility index (Phi) is 3.59. The molecule has 1 amide bonds. The molecule has 0 N–H and O–H groups in total. The Hall–Kier alpha value is -3.16. The molecule has 0 spiro atoms. The highest BCUT2D eigenvalue weighted by Crippen LogP contribution is 2.47. The smallest absolute Gasteiger partial charge is 0.331 e. The van der Waals surface area contributed by atoms with E-state index in [4.69, 9.17) is 0 Å². The Morgan fingerprint density at radius 1 is 1.11 bits per heavy atom. The molecular formula is C20H14F3N3O2. The lowest BCUT2D eigenvalue weighted by Gasteiger charge is -2.15. The number of amides is 1. The van der Waals surface area contributed by atoms with E-state index in [1.165, 1.54) is 5.56 Å². The number of benzene rings is 2. The number of fused-ring (bicyclic) bond motifs is 1. The fourth-order valence-electron chi connectivity index (χ4n) is 3.77. The Morgan fingerprint density at radius 3 is 2.61 bits per heavy atom. The first-order valence-corrected chi connectivity index (χ1v) is 8.82. The number of hydrogen-bond acceptors (Lipinski definition) is 4. The number of halogens is 3. The molecule has 1 aliphatic heterocycles. The summed E-state index contributed by atoms with van der Waals surface area (Å²) in [7, 11) is 0. The van der Waals surface area contributed by atoms with E-state index in [0.717, 1.165) is 12.0 Å². The summed E-state index contributed by atoms with van der Waals surface area (Å²) in [6, 6.07) is 15.1. The lowest BCUT2D eigenvalue weighted by atomic mass is 10.1. The highest BCUT2D eigenvalue weighted by atomic mass is 19.4. The van der Waals surface area contributed by atoms with Gasteiger partial charge in [0.15, 0.2) is 0 Å². The third-order valence-electron chi connectivity index (χ3n) is 5.25. The van der Waals surface area contributed by atoms with Crippen LogP contribution in [0.4, 0.5) is 13.2 Å². The van der Waals surface area contributed by atoms with Crippen LogP contribution in [0.5, 0.6) is 0 Å². The monoisotopic (exact) mass is 385 g/mol. The number of carbonyl (C=O) groups is 1. The zero-order valence-corrected chi connectivity index (χ0v) is 14.5. The normalized spacial score (nSPS) is 21.1. The van der Waals surface area contributed by atoms with Crippen LogP contribution in [0.3, 0.4) is 0 Å². The topological polar surface area (TPSA) is 59.2 Å². The van der Waals surface area contributed by atoms with Gasteiger partial charge in [-0.3, -0.25) is 4.79 Å². The van der Waals surface area contributed by atoms with E-state index in [1.54, 1.807) is 18.2 Å². The first-order valence-electron chi connectivity index (χ1n) is 8.82. The fraction of sp³-hybridized carbons (Fsp3) is 0.250. The van der Waals surface area contributed by atoms with Crippen molar-refractivity contribution in [3.8, 4) is 11.4 Å². The Bertz CT molecular complexity index is 1060. The van der Waals surface area contributed by atoms with Crippen molar-refractivity contribution in [2.24, 2.45) is 0 Å². The molecule has 8 heteroatoms. The summed E-state index contributed by atoms with van der Waals surface area (Å²) in [5.74, 6) is -1.38. The Labute approximate surface area is 157 Å². The average Bonchev–Trinajstić information content (AvgIpc) is 3.16. The van der Waals surface area contributed by atoms with Gasteiger partial charge >= 0.3 is 12.1 Å². The van der Waals surface area contributed by atoms with E-state index in [-0.39, 0.29) is 17.8 Å². The molecule has 2 aliphatic rings. The van der Waals surface area contributed by atoms with Crippen LogP contribution in [0, 0.1) is 0 Å². The molecule has 1 fully saturated rings. The Balaban J connectivity index is 1.38. The molecule has 142 valence electrons. The summed E-state index contributed by atoms with van der Waals surface area (Å²) in [6.07, 6.45) is -3.79. The number of nitrogens with zero attached hydrogens (tertiary/aromatic N) is 3. The second kappa shape index (κ2) is 5.92. The SMILES string of the molecule is O=C1c2cc(-c3noc(C(F)(F)F)n3)ccc2CN1[C@H]1C[C@@H]1c1ccccc1. The summed E-state index contributed by atoms with van der Waals surface area (Å²) in [5.41, 5.74) is 2.87. The predicted octanol–water partition coefficient (Wildman–Crippen LogP) is 4.27. The van der Waals surface area contributed by atoms with E-state index in [1.807, 2.05) is 23.1 Å². The molecule has 2 aromatic carbocycles. The van der Waals surface area contributed by atoms with Gasteiger partial charge in [0.2, 0.25) is 5.82 Å². The van der Waals surface area contributed by atoms with Gasteiger partial charge in [-0.25, -0.2) is 0 Å². The van der Waals surface area contributed by atoms with Gasteiger partial charge in [-0.2, -0.15) is 18.2 Å². The van der Waals surface area contributed by atoms with Gasteiger partial charge in [0.1, 0.15) is 0 Å². The highest BCUT2D eigenvalue weighted by Gasteiger charge is 2.47. The summed E-state index contributed by atoms with van der Waals surface area (Å²) in [6.45, 7) is 0.502. The van der Waals surface area contributed by atoms with Crippen molar-refractivity contribution in [3.63, 3.8) is 0 Å². The van der Waals surface area contributed by atoms with Crippen molar-refractivity contribution >= 4 is 5.91 Å². The Morgan fingerprint density at radius 2 is 1.89 bits per heavy atom. The molecule has 0 bridgehead atoms. The van der Waals surface area contributed by atoms with E-state index >= 15 is 0 Å². The van der Waals surface area contributed by atoms with Gasteiger partial charge in [0.25, 0.3) is 5.91 Å². The quantitative estimate of drug-likeness (QED) is 0.676. The number of rotatable bonds is 3. The van der Waals surface area contributed by atoms with Gasteiger partial charge in [-0.1, -0.05) is 47.6 Å². The average molecular weight is 385 g/mol. The van der Waals surface area contributed by atoms with Crippen LogP contribution >= 0.6 is 0 Å². The fourth-order valence-corrected chi connectivity index (χ4v) is 3.77. The molecular weight excluding hydrogens is 371 g/mol. The van der Waals surface area contributed by atoms with Crippen molar-refractivity contribution in [1.29, 1.82) is 0 Å². The molecule has 3 aromatic rings. The maximum absolute atomic E-state index is 12.9. The molecule has 2 atom stereocenters. The zero-order chi connectivity index (χ0) is 19.5. The molecule has 1 aromatic heterocycles. The van der Waals surface area contributed by atoms with E-state index in [9.17, 15) is 18.0 Å². The van der Waals surface area contributed by atoms with Gasteiger partial charge in [0, 0.05) is 29.6 Å². The van der Waals surface area contributed by atoms with Crippen LogP contribution in [-0.2, 0) is 12.7 Å². The standard InChI is InChI=1S/C20H14F3N3O2/c21-20(22,23)19-24-17(25-28-19)12-6-7-13-10-26(18(27)15(13)8-12)16-9-14(16)11-4-2-1-3-5-11/h1-8,14,16H,9-10H2/t14-,16+/m1/s1. The van der Waals surface area contributed by atoms with Crippen LogP contribution < -0.4 is 0 Å². The largest absolute Gasteiger partial charge is 0.471 e.